The zero-order valence-electron chi connectivity index (χ0n) is 22.6. The van der Waals surface area contributed by atoms with Crippen LogP contribution in [0.2, 0.25) is 0 Å². The second kappa shape index (κ2) is 12.4. The summed E-state index contributed by atoms with van der Waals surface area (Å²) < 4.78 is 18.0. The highest BCUT2D eigenvalue weighted by Gasteiger charge is 2.44. The Bertz CT molecular complexity index is 1270. The molecule has 3 aromatic rings. The van der Waals surface area contributed by atoms with Gasteiger partial charge in [-0.15, -0.1) is 11.3 Å². The number of hydrogen-bond acceptors (Lipinski definition) is 6. The fraction of sp³-hybridized carbons (Fsp3) is 0.452. The number of thiazole rings is 1. The summed E-state index contributed by atoms with van der Waals surface area (Å²) in [5.74, 6) is 0.490. The molecule has 5 rings (SSSR count). The maximum absolute atomic E-state index is 13.2. The van der Waals surface area contributed by atoms with Gasteiger partial charge in [0.15, 0.2) is 5.69 Å². The molecule has 0 bridgehead atoms. The van der Waals surface area contributed by atoms with E-state index in [9.17, 15) is 14.0 Å². The molecular formula is C31H36FN3O3S. The minimum Gasteiger partial charge on any atom is -0.464 e. The number of nitrogens with zero attached hydrogens (tertiary/aromatic N) is 3. The second-order valence-corrected chi connectivity index (χ2v) is 11.7. The summed E-state index contributed by atoms with van der Waals surface area (Å²) in [5, 5.41) is 2.74. The Balaban J connectivity index is 1.07. The lowest BCUT2D eigenvalue weighted by molar-refractivity contribution is -0.130. The van der Waals surface area contributed by atoms with Crippen LogP contribution in [0.3, 0.4) is 0 Å². The van der Waals surface area contributed by atoms with Crippen LogP contribution >= 0.6 is 11.3 Å². The van der Waals surface area contributed by atoms with Crippen LogP contribution in [-0.4, -0.2) is 66.0 Å². The molecule has 1 saturated heterocycles. The van der Waals surface area contributed by atoms with Gasteiger partial charge in [-0.1, -0.05) is 36.4 Å². The molecule has 39 heavy (non-hydrogen) atoms. The number of ether oxygens (including phenoxy) is 1. The van der Waals surface area contributed by atoms with E-state index in [1.807, 2.05) is 0 Å². The molecule has 1 saturated carbocycles. The van der Waals surface area contributed by atoms with E-state index >= 15 is 0 Å². The molecule has 8 heteroatoms. The van der Waals surface area contributed by atoms with Gasteiger partial charge in [0.2, 0.25) is 5.91 Å². The number of amides is 1. The average molecular weight is 550 g/mol. The molecule has 1 amide bonds. The molecule has 6 nitrogen and oxygen atoms in total. The fourth-order valence-electron chi connectivity index (χ4n) is 5.70. The molecule has 2 heterocycles. The lowest BCUT2D eigenvalue weighted by Crippen LogP contribution is -2.41. The van der Waals surface area contributed by atoms with Gasteiger partial charge in [0.05, 0.1) is 12.1 Å². The van der Waals surface area contributed by atoms with Crippen molar-refractivity contribution in [2.24, 2.45) is 5.92 Å². The molecule has 2 aromatic carbocycles. The highest BCUT2D eigenvalue weighted by atomic mass is 32.1. The highest BCUT2D eigenvalue weighted by Crippen LogP contribution is 2.45. The first-order valence-electron chi connectivity index (χ1n) is 13.8. The first-order valence-corrected chi connectivity index (χ1v) is 14.7. The van der Waals surface area contributed by atoms with E-state index in [1.54, 1.807) is 24.4 Å². The number of benzene rings is 2. The molecule has 0 radical (unpaired) electrons. The van der Waals surface area contributed by atoms with Crippen LogP contribution in [0.1, 0.15) is 59.6 Å². The molecule has 2 fully saturated rings. The molecule has 0 N–H and O–H groups in total. The fourth-order valence-corrected chi connectivity index (χ4v) is 6.51. The molecule has 2 aliphatic rings. The van der Waals surface area contributed by atoms with Crippen molar-refractivity contribution in [2.75, 3.05) is 33.3 Å². The van der Waals surface area contributed by atoms with Gasteiger partial charge < -0.3 is 14.5 Å². The van der Waals surface area contributed by atoms with E-state index in [2.05, 4.69) is 39.0 Å². The van der Waals surface area contributed by atoms with Gasteiger partial charge in [0, 0.05) is 37.2 Å². The number of halogens is 1. The first-order chi connectivity index (χ1) is 18.9. The predicted molar refractivity (Wildman–Crippen MR) is 151 cm³/mol. The maximum Gasteiger partial charge on any atom is 0.357 e. The maximum atomic E-state index is 13.2. The van der Waals surface area contributed by atoms with E-state index in [4.69, 9.17) is 4.74 Å². The number of methoxy groups -OCH3 is 1. The smallest absolute Gasteiger partial charge is 0.357 e. The van der Waals surface area contributed by atoms with Crippen LogP contribution in [0.4, 0.5) is 4.39 Å². The van der Waals surface area contributed by atoms with Crippen LogP contribution < -0.4 is 0 Å². The van der Waals surface area contributed by atoms with Crippen molar-refractivity contribution >= 4 is 23.2 Å². The summed E-state index contributed by atoms with van der Waals surface area (Å²) in [4.78, 5) is 33.2. The summed E-state index contributed by atoms with van der Waals surface area (Å²) in [6.07, 6.45) is 5.12. The van der Waals surface area contributed by atoms with Gasteiger partial charge in [0.25, 0.3) is 0 Å². The Morgan fingerprint density at radius 1 is 1.08 bits per heavy atom. The lowest BCUT2D eigenvalue weighted by atomic mass is 9.95. The average Bonchev–Trinajstić information content (AvgIpc) is 3.60. The molecular weight excluding hydrogens is 513 g/mol. The molecule has 0 spiro atoms. The van der Waals surface area contributed by atoms with Crippen LogP contribution in [0.5, 0.6) is 0 Å². The van der Waals surface area contributed by atoms with Crippen molar-refractivity contribution in [1.82, 2.24) is 14.8 Å². The largest absolute Gasteiger partial charge is 0.464 e. The van der Waals surface area contributed by atoms with Crippen molar-refractivity contribution in [3.63, 3.8) is 0 Å². The standard InChI is InChI=1S/C31H36FN3O3S/c1-21(36)35(29-18-27(29)25-7-5-23(6-8-25)24-9-11-26(32)12-10-24)19-22-13-16-34(17-14-22)15-3-4-30-33-28(20-39-30)31(37)38-2/h5-12,20,22,27,29H,3-4,13-19H2,1-2H3. The number of aromatic nitrogens is 1. The summed E-state index contributed by atoms with van der Waals surface area (Å²) >= 11 is 1.52. The van der Waals surface area contributed by atoms with Crippen molar-refractivity contribution in [2.45, 2.75) is 51.0 Å². The predicted octanol–water partition coefficient (Wildman–Crippen LogP) is 5.79. The van der Waals surface area contributed by atoms with Crippen LogP contribution in [-0.2, 0) is 16.0 Å². The Labute approximate surface area is 233 Å². The minimum absolute atomic E-state index is 0.169. The molecule has 206 valence electrons. The Morgan fingerprint density at radius 3 is 2.38 bits per heavy atom. The zero-order valence-corrected chi connectivity index (χ0v) is 23.5. The SMILES string of the molecule is COC(=O)c1csc(CCCN2CCC(CN(C(C)=O)C3CC3c3ccc(-c4ccc(F)cc4)cc3)CC2)n1. The molecule has 2 atom stereocenters. The molecule has 2 unspecified atom stereocenters. The van der Waals surface area contributed by atoms with Gasteiger partial charge in [-0.05, 0) is 80.1 Å². The third-order valence-electron chi connectivity index (χ3n) is 8.05. The molecule has 1 aromatic heterocycles. The minimum atomic E-state index is -0.378. The topological polar surface area (TPSA) is 62.7 Å². The second-order valence-electron chi connectivity index (χ2n) is 10.7. The monoisotopic (exact) mass is 549 g/mol. The van der Waals surface area contributed by atoms with Gasteiger partial charge in [-0.3, -0.25) is 4.79 Å². The number of carbonyl (C=O) groups is 2. The van der Waals surface area contributed by atoms with Crippen molar-refractivity contribution in [3.8, 4) is 11.1 Å². The quantitative estimate of drug-likeness (QED) is 0.300. The number of hydrogen-bond donors (Lipinski definition) is 0. The van der Waals surface area contributed by atoms with E-state index in [0.717, 1.165) is 74.4 Å². The van der Waals surface area contributed by atoms with Crippen molar-refractivity contribution in [3.05, 3.63) is 76.0 Å². The molecule has 1 aliphatic carbocycles. The summed E-state index contributed by atoms with van der Waals surface area (Å²) in [7, 11) is 1.37. The van der Waals surface area contributed by atoms with E-state index in [1.165, 1.54) is 36.1 Å². The van der Waals surface area contributed by atoms with Gasteiger partial charge >= 0.3 is 5.97 Å². The summed E-state index contributed by atoms with van der Waals surface area (Å²) in [6.45, 7) is 5.68. The van der Waals surface area contributed by atoms with Gasteiger partial charge in [-0.25, -0.2) is 14.2 Å². The van der Waals surface area contributed by atoms with E-state index in [-0.39, 0.29) is 23.7 Å². The van der Waals surface area contributed by atoms with Crippen molar-refractivity contribution < 1.29 is 18.7 Å². The Morgan fingerprint density at radius 2 is 1.74 bits per heavy atom. The van der Waals surface area contributed by atoms with E-state index in [0.29, 0.717) is 17.5 Å². The number of piperidine rings is 1. The highest BCUT2D eigenvalue weighted by molar-refractivity contribution is 7.09. The zero-order chi connectivity index (χ0) is 27.4. The molecule has 1 aliphatic heterocycles. The van der Waals surface area contributed by atoms with E-state index < -0.39 is 0 Å². The summed E-state index contributed by atoms with van der Waals surface area (Å²) in [6, 6.07) is 15.4. The normalized spacial score (nSPS) is 19.6. The lowest BCUT2D eigenvalue weighted by Gasteiger charge is -2.35. The van der Waals surface area contributed by atoms with Gasteiger partial charge in [0.1, 0.15) is 5.82 Å². The first kappa shape index (κ1) is 27.5. The number of aryl methyl sites for hydroxylation is 1. The van der Waals surface area contributed by atoms with Crippen LogP contribution in [0, 0.1) is 11.7 Å². The number of rotatable bonds is 10. The van der Waals surface area contributed by atoms with Crippen LogP contribution in [0.25, 0.3) is 11.1 Å². The van der Waals surface area contributed by atoms with Crippen LogP contribution in [0.15, 0.2) is 53.9 Å². The van der Waals surface area contributed by atoms with Gasteiger partial charge in [-0.2, -0.15) is 0 Å². The number of esters is 1. The third kappa shape index (κ3) is 6.92. The number of likely N-dealkylation sites (tertiary alicyclic amines) is 1. The number of carbonyl (C=O) groups excluding carboxylic acids is 2. The Hall–Kier alpha value is -3.10. The van der Waals surface area contributed by atoms with Crippen molar-refractivity contribution in [1.29, 1.82) is 0 Å². The summed E-state index contributed by atoms with van der Waals surface area (Å²) in [5.41, 5.74) is 3.74. The third-order valence-corrected chi connectivity index (χ3v) is 8.96. The Kier molecular flexibility index (Phi) is 8.72.